The summed E-state index contributed by atoms with van der Waals surface area (Å²) < 4.78 is 0. The molecule has 0 amide bonds. The fourth-order valence-corrected chi connectivity index (χ4v) is 1.15. The highest BCUT2D eigenvalue weighted by Gasteiger charge is 2.44. The predicted octanol–water partition coefficient (Wildman–Crippen LogP) is -2.61. The van der Waals surface area contributed by atoms with Crippen LogP contribution in [0.2, 0.25) is 0 Å². The number of carbonyl (C=O) groups is 2. The lowest BCUT2D eigenvalue weighted by atomic mass is 9.98. The van der Waals surface area contributed by atoms with E-state index in [-0.39, 0.29) is 18.4 Å². The average molecular weight is 192 g/mol. The number of nitrogens with one attached hydrogen (secondary N) is 1. The standard InChI is InChI=1S/C6H10N2O4.H2O/c7-6(5(11)12)1-3(4(9)10)8-2-6;/h3,8H,1-2,7H2,(H,9,10)(H,11,12);1H2/t3-,6-;/m1./s1. The summed E-state index contributed by atoms with van der Waals surface area (Å²) in [4.78, 5) is 20.9. The van der Waals surface area contributed by atoms with Gasteiger partial charge in [0.25, 0.3) is 0 Å². The second-order valence-corrected chi connectivity index (χ2v) is 2.94. The van der Waals surface area contributed by atoms with E-state index in [0.29, 0.717) is 0 Å². The van der Waals surface area contributed by atoms with Gasteiger partial charge in [0.15, 0.2) is 0 Å². The van der Waals surface area contributed by atoms with E-state index in [1.165, 1.54) is 0 Å². The summed E-state index contributed by atoms with van der Waals surface area (Å²) in [6.07, 6.45) is -0.0718. The van der Waals surface area contributed by atoms with Crippen molar-refractivity contribution in [2.45, 2.75) is 18.0 Å². The van der Waals surface area contributed by atoms with Crippen molar-refractivity contribution < 1.29 is 25.3 Å². The Labute approximate surface area is 73.8 Å². The van der Waals surface area contributed by atoms with E-state index in [9.17, 15) is 9.59 Å². The third-order valence-corrected chi connectivity index (χ3v) is 1.96. The minimum Gasteiger partial charge on any atom is -0.480 e. The number of hydrogen-bond acceptors (Lipinski definition) is 4. The average Bonchev–Trinajstić information content (AvgIpc) is 2.33. The lowest BCUT2D eigenvalue weighted by Gasteiger charge is -2.15. The Morgan fingerprint density at radius 3 is 2.23 bits per heavy atom. The van der Waals surface area contributed by atoms with E-state index in [0.717, 1.165) is 0 Å². The molecule has 13 heavy (non-hydrogen) atoms. The van der Waals surface area contributed by atoms with Gasteiger partial charge in [-0.05, 0) is 0 Å². The van der Waals surface area contributed by atoms with Crippen molar-refractivity contribution in [2.24, 2.45) is 5.73 Å². The van der Waals surface area contributed by atoms with Crippen LogP contribution in [0.1, 0.15) is 6.42 Å². The largest absolute Gasteiger partial charge is 0.480 e. The zero-order valence-corrected chi connectivity index (χ0v) is 6.78. The molecule has 7 nitrogen and oxygen atoms in total. The monoisotopic (exact) mass is 192 g/mol. The summed E-state index contributed by atoms with van der Waals surface area (Å²) in [5.41, 5.74) is 3.98. The molecular formula is C6H12N2O5. The van der Waals surface area contributed by atoms with E-state index in [4.69, 9.17) is 15.9 Å². The molecule has 0 aromatic carbocycles. The van der Waals surface area contributed by atoms with Gasteiger partial charge in [0.05, 0.1) is 0 Å². The molecule has 76 valence electrons. The van der Waals surface area contributed by atoms with Crippen LogP contribution >= 0.6 is 0 Å². The van der Waals surface area contributed by atoms with Gasteiger partial charge < -0.3 is 26.7 Å². The number of nitrogens with two attached hydrogens (primary N) is 1. The van der Waals surface area contributed by atoms with Gasteiger partial charge in [-0.2, -0.15) is 0 Å². The first-order valence-corrected chi connectivity index (χ1v) is 3.44. The normalized spacial score (nSPS) is 32.2. The van der Waals surface area contributed by atoms with Gasteiger partial charge in [-0.1, -0.05) is 0 Å². The SMILES string of the molecule is N[C@@]1(C(=O)O)CN[C@@H](C(=O)O)C1.O. The van der Waals surface area contributed by atoms with Crippen LogP contribution in [-0.4, -0.2) is 45.8 Å². The number of carboxylic acids is 2. The molecule has 0 aliphatic carbocycles. The molecule has 1 rings (SSSR count). The molecule has 0 bridgehead atoms. The predicted molar refractivity (Wildman–Crippen MR) is 42.2 cm³/mol. The van der Waals surface area contributed by atoms with Gasteiger partial charge in [-0.15, -0.1) is 0 Å². The van der Waals surface area contributed by atoms with Crippen LogP contribution in [0.15, 0.2) is 0 Å². The van der Waals surface area contributed by atoms with Crippen molar-refractivity contribution in [3.63, 3.8) is 0 Å². The lowest BCUT2D eigenvalue weighted by molar-refractivity contribution is -0.142. The quantitative estimate of drug-likeness (QED) is 0.377. The van der Waals surface area contributed by atoms with Crippen molar-refractivity contribution in [3.05, 3.63) is 0 Å². The fourth-order valence-electron chi connectivity index (χ4n) is 1.15. The zero-order valence-electron chi connectivity index (χ0n) is 6.78. The highest BCUT2D eigenvalue weighted by Crippen LogP contribution is 2.16. The smallest absolute Gasteiger partial charge is 0.325 e. The first kappa shape index (κ1) is 11.8. The highest BCUT2D eigenvalue weighted by atomic mass is 16.4. The molecular weight excluding hydrogens is 180 g/mol. The molecule has 1 fully saturated rings. The van der Waals surface area contributed by atoms with E-state index < -0.39 is 23.5 Å². The molecule has 0 saturated carbocycles. The third kappa shape index (κ3) is 2.14. The molecule has 0 aromatic rings. The van der Waals surface area contributed by atoms with Crippen LogP contribution in [0.3, 0.4) is 0 Å². The first-order chi connectivity index (χ1) is 5.46. The highest BCUT2D eigenvalue weighted by molar-refractivity contribution is 5.83. The molecule has 0 aromatic heterocycles. The Bertz CT molecular complexity index is 231. The summed E-state index contributed by atoms with van der Waals surface area (Å²) in [5, 5.41) is 19.7. The maximum absolute atomic E-state index is 10.5. The second kappa shape index (κ2) is 3.69. The number of carboxylic acid groups (broad SMARTS) is 2. The first-order valence-electron chi connectivity index (χ1n) is 3.44. The van der Waals surface area contributed by atoms with Crippen LogP contribution in [-0.2, 0) is 9.59 Å². The topological polar surface area (TPSA) is 144 Å². The van der Waals surface area contributed by atoms with Crippen molar-refractivity contribution in [2.75, 3.05) is 6.54 Å². The van der Waals surface area contributed by atoms with Crippen LogP contribution in [0.4, 0.5) is 0 Å². The molecule has 0 radical (unpaired) electrons. The number of aliphatic carboxylic acids is 2. The van der Waals surface area contributed by atoms with Crippen LogP contribution < -0.4 is 11.1 Å². The van der Waals surface area contributed by atoms with E-state index >= 15 is 0 Å². The molecule has 1 aliphatic heterocycles. The Morgan fingerprint density at radius 1 is 1.46 bits per heavy atom. The molecule has 0 unspecified atom stereocenters. The molecule has 1 saturated heterocycles. The van der Waals surface area contributed by atoms with Gasteiger partial charge >= 0.3 is 11.9 Å². The van der Waals surface area contributed by atoms with E-state index in [2.05, 4.69) is 5.32 Å². The van der Waals surface area contributed by atoms with Gasteiger partial charge in [0.2, 0.25) is 0 Å². The van der Waals surface area contributed by atoms with Crippen molar-refractivity contribution in [1.82, 2.24) is 5.32 Å². The summed E-state index contributed by atoms with van der Waals surface area (Å²) in [6.45, 7) is -0.000694. The summed E-state index contributed by atoms with van der Waals surface area (Å²) in [7, 11) is 0. The molecule has 7 heteroatoms. The third-order valence-electron chi connectivity index (χ3n) is 1.96. The van der Waals surface area contributed by atoms with Crippen molar-refractivity contribution >= 4 is 11.9 Å². The molecule has 7 N–H and O–H groups in total. The molecule has 0 spiro atoms. The fraction of sp³-hybridized carbons (Fsp3) is 0.667. The van der Waals surface area contributed by atoms with Gasteiger partial charge in [-0.3, -0.25) is 9.59 Å². The van der Waals surface area contributed by atoms with Crippen molar-refractivity contribution in [1.29, 1.82) is 0 Å². The van der Waals surface area contributed by atoms with Gasteiger partial charge in [0.1, 0.15) is 11.6 Å². The van der Waals surface area contributed by atoms with Crippen LogP contribution in [0.25, 0.3) is 0 Å². The van der Waals surface area contributed by atoms with Crippen molar-refractivity contribution in [3.8, 4) is 0 Å². The lowest BCUT2D eigenvalue weighted by Crippen LogP contribution is -2.49. The maximum atomic E-state index is 10.5. The van der Waals surface area contributed by atoms with E-state index in [1.54, 1.807) is 0 Å². The maximum Gasteiger partial charge on any atom is 0.325 e. The number of hydrogen-bond donors (Lipinski definition) is 4. The van der Waals surface area contributed by atoms with Crippen LogP contribution in [0.5, 0.6) is 0 Å². The second-order valence-electron chi connectivity index (χ2n) is 2.94. The Balaban J connectivity index is 0.00000144. The summed E-state index contributed by atoms with van der Waals surface area (Å²) in [6, 6.07) is -0.842. The Kier molecular flexibility index (Phi) is 3.35. The minimum atomic E-state index is -1.43. The van der Waals surface area contributed by atoms with Gasteiger partial charge in [0, 0.05) is 13.0 Å². The summed E-state index contributed by atoms with van der Waals surface area (Å²) in [5.74, 6) is -2.23. The zero-order chi connectivity index (χ0) is 9.35. The van der Waals surface area contributed by atoms with E-state index in [1.807, 2.05) is 0 Å². The summed E-state index contributed by atoms with van der Waals surface area (Å²) >= 11 is 0. The molecule has 1 heterocycles. The van der Waals surface area contributed by atoms with Crippen LogP contribution in [0, 0.1) is 0 Å². The minimum absolute atomic E-state index is 0. The Morgan fingerprint density at radius 2 is 2.00 bits per heavy atom. The number of rotatable bonds is 2. The van der Waals surface area contributed by atoms with Gasteiger partial charge in [-0.25, -0.2) is 0 Å². The molecule has 1 aliphatic rings. The Hall–Kier alpha value is -1.18. The molecule has 2 atom stereocenters.